The van der Waals surface area contributed by atoms with Crippen LogP contribution in [0.3, 0.4) is 0 Å². The lowest BCUT2D eigenvalue weighted by atomic mass is 10.0. The fourth-order valence-electron chi connectivity index (χ4n) is 1.35. The fourth-order valence-corrected chi connectivity index (χ4v) is 1.74. The third kappa shape index (κ3) is 3.31. The van der Waals surface area contributed by atoms with Crippen LogP contribution in [0.5, 0.6) is 0 Å². The molecule has 4 nitrogen and oxygen atoms in total. The Morgan fingerprint density at radius 3 is 2.59 bits per heavy atom. The van der Waals surface area contributed by atoms with Gasteiger partial charge in [0, 0.05) is 5.54 Å². The quantitative estimate of drug-likeness (QED) is 0.929. The molecular formula is C12H20BrN3O. The van der Waals surface area contributed by atoms with E-state index in [4.69, 9.17) is 0 Å². The van der Waals surface area contributed by atoms with E-state index in [1.807, 2.05) is 13.8 Å². The second-order valence-electron chi connectivity index (χ2n) is 5.08. The van der Waals surface area contributed by atoms with Crippen molar-refractivity contribution in [3.8, 4) is 0 Å². The largest absolute Gasteiger partial charge is 0.378 e. The molecule has 0 atom stereocenters. The van der Waals surface area contributed by atoms with E-state index in [-0.39, 0.29) is 17.1 Å². The number of rotatable bonds is 4. The number of aromatic nitrogens is 2. The summed E-state index contributed by atoms with van der Waals surface area (Å²) >= 11 is 3.35. The first-order chi connectivity index (χ1) is 7.78. The number of nitrogens with one attached hydrogen (secondary N) is 1. The van der Waals surface area contributed by atoms with Gasteiger partial charge in [-0.2, -0.15) is 5.10 Å². The van der Waals surface area contributed by atoms with Crippen molar-refractivity contribution >= 4 is 21.6 Å². The first-order valence-corrected chi connectivity index (χ1v) is 6.63. The summed E-state index contributed by atoms with van der Waals surface area (Å²) in [6.07, 6.45) is 2.66. The van der Waals surface area contributed by atoms with Gasteiger partial charge >= 0.3 is 0 Å². The van der Waals surface area contributed by atoms with Crippen molar-refractivity contribution < 1.29 is 0 Å². The van der Waals surface area contributed by atoms with Gasteiger partial charge in [0.1, 0.15) is 4.47 Å². The fraction of sp³-hybridized carbons (Fsp3) is 0.667. The Bertz CT molecular complexity index is 452. The molecule has 96 valence electrons. The minimum Gasteiger partial charge on any atom is -0.378 e. The predicted octanol–water partition coefficient (Wildman–Crippen LogP) is 3.19. The van der Waals surface area contributed by atoms with Gasteiger partial charge in [-0.05, 0) is 50.0 Å². The molecule has 0 aliphatic carbocycles. The molecule has 0 radical (unpaired) electrons. The van der Waals surface area contributed by atoms with Crippen molar-refractivity contribution in [1.29, 1.82) is 0 Å². The highest BCUT2D eigenvalue weighted by Crippen LogP contribution is 2.22. The molecule has 0 amide bonds. The minimum atomic E-state index is -0.100. The average Bonchev–Trinajstić information content (AvgIpc) is 2.24. The molecular weight excluding hydrogens is 282 g/mol. The highest BCUT2D eigenvalue weighted by atomic mass is 79.9. The van der Waals surface area contributed by atoms with E-state index in [9.17, 15) is 4.79 Å². The van der Waals surface area contributed by atoms with Crippen molar-refractivity contribution in [2.75, 3.05) is 5.32 Å². The van der Waals surface area contributed by atoms with Crippen LogP contribution in [0, 0.1) is 0 Å². The van der Waals surface area contributed by atoms with Crippen LogP contribution in [0.25, 0.3) is 0 Å². The molecule has 1 aromatic heterocycles. The number of nitrogens with zero attached hydrogens (tertiary/aromatic N) is 2. The lowest BCUT2D eigenvalue weighted by Crippen LogP contribution is -2.32. The zero-order chi connectivity index (χ0) is 13.2. The third-order valence-electron chi connectivity index (χ3n) is 2.79. The molecule has 17 heavy (non-hydrogen) atoms. The topological polar surface area (TPSA) is 46.9 Å². The number of hydrogen-bond acceptors (Lipinski definition) is 3. The molecule has 1 aromatic rings. The highest BCUT2D eigenvalue weighted by molar-refractivity contribution is 9.10. The van der Waals surface area contributed by atoms with E-state index in [0.717, 1.165) is 12.1 Å². The van der Waals surface area contributed by atoms with Gasteiger partial charge < -0.3 is 5.32 Å². The zero-order valence-corrected chi connectivity index (χ0v) is 12.6. The second kappa shape index (κ2) is 5.21. The van der Waals surface area contributed by atoms with E-state index >= 15 is 0 Å². The molecule has 0 spiro atoms. The lowest BCUT2D eigenvalue weighted by Gasteiger charge is -2.26. The van der Waals surface area contributed by atoms with E-state index in [1.165, 1.54) is 4.68 Å². The minimum absolute atomic E-state index is 0.0549. The van der Waals surface area contributed by atoms with Crippen LogP contribution < -0.4 is 10.9 Å². The van der Waals surface area contributed by atoms with Crippen LogP contribution in [0.4, 0.5) is 5.69 Å². The van der Waals surface area contributed by atoms with Crippen molar-refractivity contribution in [1.82, 2.24) is 9.78 Å². The zero-order valence-electron chi connectivity index (χ0n) is 11.0. The van der Waals surface area contributed by atoms with Gasteiger partial charge in [0.2, 0.25) is 0 Å². The van der Waals surface area contributed by atoms with E-state index in [2.05, 4.69) is 47.1 Å². The SMILES string of the molecule is CCC(C)(C)Nc1cnn(C(C)C)c(=O)c1Br. The van der Waals surface area contributed by atoms with Gasteiger partial charge in [-0.3, -0.25) is 4.79 Å². The van der Waals surface area contributed by atoms with E-state index in [0.29, 0.717) is 4.47 Å². The molecule has 0 aromatic carbocycles. The third-order valence-corrected chi connectivity index (χ3v) is 3.56. The maximum Gasteiger partial charge on any atom is 0.283 e. The lowest BCUT2D eigenvalue weighted by molar-refractivity contribution is 0.498. The number of halogens is 1. The summed E-state index contributed by atoms with van der Waals surface area (Å²) in [7, 11) is 0. The summed E-state index contributed by atoms with van der Waals surface area (Å²) in [6.45, 7) is 10.2. The smallest absolute Gasteiger partial charge is 0.283 e. The molecule has 5 heteroatoms. The van der Waals surface area contributed by atoms with Crippen molar-refractivity contribution in [2.24, 2.45) is 0 Å². The standard InChI is InChI=1S/C12H20BrN3O/c1-6-12(4,5)15-9-7-14-16(8(2)3)11(17)10(9)13/h7-8,15H,6H2,1-5H3. The van der Waals surface area contributed by atoms with Crippen LogP contribution in [-0.4, -0.2) is 15.3 Å². The Hall–Kier alpha value is -0.840. The van der Waals surface area contributed by atoms with Crippen LogP contribution in [0.15, 0.2) is 15.5 Å². The Balaban J connectivity index is 3.14. The molecule has 0 fully saturated rings. The first-order valence-electron chi connectivity index (χ1n) is 5.84. The molecule has 1 N–H and O–H groups in total. The Morgan fingerprint density at radius 2 is 2.12 bits per heavy atom. The summed E-state index contributed by atoms with van der Waals surface area (Å²) in [6, 6.07) is 0.0621. The summed E-state index contributed by atoms with van der Waals surface area (Å²) in [5, 5.41) is 7.49. The number of anilines is 1. The summed E-state index contributed by atoms with van der Waals surface area (Å²) < 4.78 is 2.01. The molecule has 0 unspecified atom stereocenters. The highest BCUT2D eigenvalue weighted by Gasteiger charge is 2.18. The Labute approximate surface area is 111 Å². The molecule has 0 saturated carbocycles. The van der Waals surface area contributed by atoms with Gasteiger partial charge in [0.05, 0.1) is 17.9 Å². The van der Waals surface area contributed by atoms with Gasteiger partial charge in [0.25, 0.3) is 5.56 Å². The maximum atomic E-state index is 12.0. The summed E-state index contributed by atoms with van der Waals surface area (Å²) in [5.41, 5.74) is 0.594. The van der Waals surface area contributed by atoms with Crippen LogP contribution in [0.2, 0.25) is 0 Å². The van der Waals surface area contributed by atoms with E-state index < -0.39 is 0 Å². The monoisotopic (exact) mass is 301 g/mol. The van der Waals surface area contributed by atoms with Gasteiger partial charge in [0.15, 0.2) is 0 Å². The molecule has 1 rings (SSSR count). The second-order valence-corrected chi connectivity index (χ2v) is 5.87. The maximum absolute atomic E-state index is 12.0. The summed E-state index contributed by atoms with van der Waals surface area (Å²) in [5.74, 6) is 0. The van der Waals surface area contributed by atoms with E-state index in [1.54, 1.807) is 6.20 Å². The molecule has 0 bridgehead atoms. The van der Waals surface area contributed by atoms with Crippen molar-refractivity contribution in [3.63, 3.8) is 0 Å². The van der Waals surface area contributed by atoms with Crippen molar-refractivity contribution in [3.05, 3.63) is 21.0 Å². The predicted molar refractivity (Wildman–Crippen MR) is 74.6 cm³/mol. The normalized spacial score (nSPS) is 11.9. The van der Waals surface area contributed by atoms with Crippen molar-refractivity contribution in [2.45, 2.75) is 52.6 Å². The molecule has 0 aliphatic rings. The first kappa shape index (κ1) is 14.2. The van der Waals surface area contributed by atoms with Gasteiger partial charge in [-0.15, -0.1) is 0 Å². The molecule has 0 aliphatic heterocycles. The Morgan fingerprint density at radius 1 is 1.53 bits per heavy atom. The average molecular weight is 302 g/mol. The Kier molecular flexibility index (Phi) is 4.36. The molecule has 1 heterocycles. The number of hydrogen-bond donors (Lipinski definition) is 1. The molecule has 0 saturated heterocycles. The van der Waals surface area contributed by atoms with Gasteiger partial charge in [-0.1, -0.05) is 6.92 Å². The summed E-state index contributed by atoms with van der Waals surface area (Å²) in [4.78, 5) is 12.0. The van der Waals surface area contributed by atoms with Crippen LogP contribution in [-0.2, 0) is 0 Å². The van der Waals surface area contributed by atoms with Gasteiger partial charge in [-0.25, -0.2) is 4.68 Å². The van der Waals surface area contributed by atoms with Crippen LogP contribution in [0.1, 0.15) is 47.1 Å². The van der Waals surface area contributed by atoms with Crippen LogP contribution >= 0.6 is 15.9 Å².